The summed E-state index contributed by atoms with van der Waals surface area (Å²) >= 11 is 0. The lowest BCUT2D eigenvalue weighted by Gasteiger charge is -2.10. The van der Waals surface area contributed by atoms with E-state index in [9.17, 15) is 13.6 Å². The molecule has 7 heteroatoms. The van der Waals surface area contributed by atoms with E-state index in [1.165, 1.54) is 38.0 Å². The van der Waals surface area contributed by atoms with E-state index < -0.39 is 11.6 Å². The van der Waals surface area contributed by atoms with E-state index in [0.29, 0.717) is 22.6 Å². The van der Waals surface area contributed by atoms with Gasteiger partial charge < -0.3 is 18.9 Å². The summed E-state index contributed by atoms with van der Waals surface area (Å²) in [5.74, 6) is -0.924. The van der Waals surface area contributed by atoms with Crippen molar-refractivity contribution in [2.45, 2.75) is 0 Å². The first kappa shape index (κ1) is 21.6. The molecule has 0 atom stereocenters. The third-order valence-electron chi connectivity index (χ3n) is 4.20. The van der Waals surface area contributed by atoms with Crippen molar-refractivity contribution < 1.29 is 32.5 Å². The van der Waals surface area contributed by atoms with E-state index in [1.54, 1.807) is 48.5 Å². The molecule has 0 aromatic heterocycles. The number of ether oxygens (including phenoxy) is 4. The van der Waals surface area contributed by atoms with E-state index in [-0.39, 0.29) is 17.6 Å². The predicted octanol–water partition coefficient (Wildman–Crippen LogP) is 5.82. The van der Waals surface area contributed by atoms with Gasteiger partial charge in [0.15, 0.2) is 11.6 Å². The van der Waals surface area contributed by atoms with Crippen molar-refractivity contribution in [2.24, 2.45) is 0 Å². The Bertz CT molecular complexity index is 1070. The molecule has 0 heterocycles. The highest BCUT2D eigenvalue weighted by Gasteiger charge is 2.16. The Balaban J connectivity index is 1.79. The van der Waals surface area contributed by atoms with Crippen LogP contribution in [0.25, 0.3) is 22.3 Å². The van der Waals surface area contributed by atoms with Crippen LogP contribution in [0.4, 0.5) is 8.78 Å². The zero-order valence-electron chi connectivity index (χ0n) is 16.5. The number of carbonyl (C=O) groups is 1. The highest BCUT2D eigenvalue weighted by Crippen LogP contribution is 2.32. The molecule has 0 spiro atoms. The lowest BCUT2D eigenvalue weighted by Crippen LogP contribution is -1.94. The molecular weight excluding hydrogens is 406 g/mol. The molecule has 0 unspecified atom stereocenters. The highest BCUT2D eigenvalue weighted by atomic mass is 19.2. The molecule has 3 aromatic carbocycles. The molecule has 0 N–H and O–H groups in total. The zero-order valence-corrected chi connectivity index (χ0v) is 16.5. The van der Waals surface area contributed by atoms with Crippen molar-refractivity contribution in [2.75, 3.05) is 7.11 Å². The summed E-state index contributed by atoms with van der Waals surface area (Å²) in [6.45, 7) is 0.256. The van der Waals surface area contributed by atoms with Gasteiger partial charge in [0.2, 0.25) is 0 Å². The number of carbonyl (C=O) groups excluding carboxylic acids is 1. The average molecular weight is 424 g/mol. The van der Waals surface area contributed by atoms with Gasteiger partial charge in [0.1, 0.15) is 36.5 Å². The van der Waals surface area contributed by atoms with Gasteiger partial charge in [-0.2, -0.15) is 0 Å². The van der Waals surface area contributed by atoms with Gasteiger partial charge in [0.25, 0.3) is 6.47 Å². The maximum Gasteiger partial charge on any atom is 0.298 e. The van der Waals surface area contributed by atoms with Gasteiger partial charge >= 0.3 is 0 Å². The number of hydrogen-bond donors (Lipinski definition) is 0. The third kappa shape index (κ3) is 5.48. The van der Waals surface area contributed by atoms with Crippen molar-refractivity contribution in [1.82, 2.24) is 0 Å². The number of hydrogen-bond acceptors (Lipinski definition) is 5. The molecule has 0 saturated carbocycles. The van der Waals surface area contributed by atoms with Crippen LogP contribution < -0.4 is 9.47 Å². The fourth-order valence-electron chi connectivity index (χ4n) is 2.75. The van der Waals surface area contributed by atoms with E-state index in [2.05, 4.69) is 4.74 Å². The normalized spacial score (nSPS) is 10.9. The quantitative estimate of drug-likeness (QED) is 0.320. The molecule has 31 heavy (non-hydrogen) atoms. The van der Waals surface area contributed by atoms with Crippen LogP contribution in [-0.4, -0.2) is 13.6 Å². The fraction of sp³-hybridized carbons (Fsp3) is 0.0417. The zero-order chi connectivity index (χ0) is 22.1. The van der Waals surface area contributed by atoms with E-state index in [1.807, 2.05) is 0 Å². The molecule has 0 saturated heterocycles. The van der Waals surface area contributed by atoms with E-state index in [0.717, 1.165) is 6.26 Å². The summed E-state index contributed by atoms with van der Waals surface area (Å²) < 4.78 is 49.2. The number of methoxy groups -OCH3 is 1. The minimum Gasteiger partial charge on any atom is -0.501 e. The topological polar surface area (TPSA) is 54.0 Å². The van der Waals surface area contributed by atoms with E-state index in [4.69, 9.17) is 14.2 Å². The van der Waals surface area contributed by atoms with Gasteiger partial charge in [-0.05, 0) is 35.4 Å². The maximum atomic E-state index is 14.8. The summed E-state index contributed by atoms with van der Waals surface area (Å²) in [6, 6.07) is 16.0. The summed E-state index contributed by atoms with van der Waals surface area (Å²) in [7, 11) is 1.50. The third-order valence-corrected chi connectivity index (χ3v) is 4.20. The Labute approximate surface area is 177 Å². The molecule has 0 aliphatic carbocycles. The van der Waals surface area contributed by atoms with Gasteiger partial charge in [0, 0.05) is 11.1 Å². The molecule has 0 fully saturated rings. The summed E-state index contributed by atoms with van der Waals surface area (Å²) in [6.07, 6.45) is 5.00. The Morgan fingerprint density at radius 1 is 0.645 bits per heavy atom. The minimum atomic E-state index is -0.950. The van der Waals surface area contributed by atoms with Gasteiger partial charge in [-0.25, -0.2) is 8.78 Å². The van der Waals surface area contributed by atoms with Gasteiger partial charge in [-0.15, -0.1) is 0 Å². The Morgan fingerprint density at radius 2 is 1.10 bits per heavy atom. The second-order valence-electron chi connectivity index (χ2n) is 6.09. The smallest absolute Gasteiger partial charge is 0.298 e. The fourth-order valence-corrected chi connectivity index (χ4v) is 2.75. The minimum absolute atomic E-state index is 0.122. The second kappa shape index (κ2) is 10.6. The Hall–Kier alpha value is -4.13. The molecule has 158 valence electrons. The molecule has 0 radical (unpaired) electrons. The maximum absolute atomic E-state index is 14.8. The van der Waals surface area contributed by atoms with Crippen LogP contribution in [0.1, 0.15) is 0 Å². The van der Waals surface area contributed by atoms with Crippen LogP contribution in [0, 0.1) is 11.6 Å². The monoisotopic (exact) mass is 424 g/mol. The molecule has 0 amide bonds. The average Bonchev–Trinajstić information content (AvgIpc) is 2.80. The molecule has 5 nitrogen and oxygen atoms in total. The SMILES string of the molecule is CO/C=C\Oc1ccc(-c2ccc(-c3ccc(O/C=C\OC=O)cc3)c(F)c2F)cc1. The first-order valence-electron chi connectivity index (χ1n) is 9.08. The van der Waals surface area contributed by atoms with Gasteiger partial charge in [-0.1, -0.05) is 36.4 Å². The standard InChI is InChI=1S/C24H18F2O5/c1-28-12-14-30-19-6-2-17(3-7-19)21-10-11-22(24(26)23(21)25)18-4-8-20(9-5-18)31-15-13-29-16-27/h2-16H,1H3/b14-12-,15-13-. The van der Waals surface area contributed by atoms with Crippen LogP contribution in [0.2, 0.25) is 0 Å². The lowest BCUT2D eigenvalue weighted by atomic mass is 9.98. The number of rotatable bonds is 9. The second-order valence-corrected chi connectivity index (χ2v) is 6.09. The van der Waals surface area contributed by atoms with Crippen LogP contribution in [0.15, 0.2) is 85.7 Å². The van der Waals surface area contributed by atoms with Gasteiger partial charge in [-0.3, -0.25) is 4.79 Å². The first-order valence-corrected chi connectivity index (χ1v) is 9.08. The van der Waals surface area contributed by atoms with Crippen molar-refractivity contribution in [3.63, 3.8) is 0 Å². The van der Waals surface area contributed by atoms with Crippen LogP contribution in [0.5, 0.6) is 11.5 Å². The van der Waals surface area contributed by atoms with Crippen LogP contribution >= 0.6 is 0 Å². The van der Waals surface area contributed by atoms with Crippen molar-refractivity contribution in [3.05, 3.63) is 97.3 Å². The Kier molecular flexibility index (Phi) is 7.37. The van der Waals surface area contributed by atoms with Crippen molar-refractivity contribution >= 4 is 6.47 Å². The van der Waals surface area contributed by atoms with Crippen molar-refractivity contribution in [3.8, 4) is 33.8 Å². The predicted molar refractivity (Wildman–Crippen MR) is 111 cm³/mol. The lowest BCUT2D eigenvalue weighted by molar-refractivity contribution is -0.123. The molecule has 0 aliphatic rings. The number of halogens is 2. The molecule has 0 aliphatic heterocycles. The highest BCUT2D eigenvalue weighted by molar-refractivity contribution is 5.72. The Morgan fingerprint density at radius 3 is 1.52 bits per heavy atom. The molecular formula is C24H18F2O5. The largest absolute Gasteiger partial charge is 0.501 e. The van der Waals surface area contributed by atoms with Crippen LogP contribution in [0.3, 0.4) is 0 Å². The van der Waals surface area contributed by atoms with Crippen LogP contribution in [-0.2, 0) is 14.3 Å². The summed E-state index contributed by atoms with van der Waals surface area (Å²) in [5.41, 5.74) is 1.26. The van der Waals surface area contributed by atoms with E-state index >= 15 is 0 Å². The van der Waals surface area contributed by atoms with Crippen molar-refractivity contribution in [1.29, 1.82) is 0 Å². The molecule has 3 aromatic rings. The number of benzene rings is 3. The molecule has 0 bridgehead atoms. The first-order chi connectivity index (χ1) is 15.1. The summed E-state index contributed by atoms with van der Waals surface area (Å²) in [4.78, 5) is 10.0. The molecule has 3 rings (SSSR count). The van der Waals surface area contributed by atoms with Gasteiger partial charge in [0.05, 0.1) is 7.11 Å². The summed E-state index contributed by atoms with van der Waals surface area (Å²) in [5, 5.41) is 0.